The third-order valence-corrected chi connectivity index (χ3v) is 6.08. The molecule has 1 atom stereocenters. The molecule has 1 amide bonds. The second-order valence-electron chi connectivity index (χ2n) is 7.97. The van der Waals surface area contributed by atoms with Gasteiger partial charge in [0.25, 0.3) is 11.7 Å². The van der Waals surface area contributed by atoms with Crippen LogP contribution in [0.25, 0.3) is 5.76 Å². The van der Waals surface area contributed by atoms with E-state index in [1.54, 1.807) is 68.0 Å². The molecular formula is C26H23ClN2O4. The van der Waals surface area contributed by atoms with Crippen molar-refractivity contribution in [1.29, 1.82) is 0 Å². The van der Waals surface area contributed by atoms with Crippen molar-refractivity contribution in [3.8, 4) is 5.75 Å². The maximum Gasteiger partial charge on any atom is 0.295 e. The van der Waals surface area contributed by atoms with Crippen LogP contribution < -0.4 is 4.74 Å². The van der Waals surface area contributed by atoms with Crippen LogP contribution in [0.4, 0.5) is 0 Å². The first-order valence-corrected chi connectivity index (χ1v) is 10.8. The summed E-state index contributed by atoms with van der Waals surface area (Å²) in [6.07, 6.45) is 3.26. The number of aromatic nitrogens is 1. The number of ketones is 1. The number of methoxy groups -OCH3 is 1. The molecule has 168 valence electrons. The van der Waals surface area contributed by atoms with E-state index in [0.29, 0.717) is 21.9 Å². The first kappa shape index (κ1) is 22.6. The van der Waals surface area contributed by atoms with Gasteiger partial charge < -0.3 is 14.7 Å². The van der Waals surface area contributed by atoms with E-state index in [2.05, 4.69) is 4.98 Å². The normalized spacial score (nSPS) is 17.5. The van der Waals surface area contributed by atoms with Crippen molar-refractivity contribution in [3.05, 3.63) is 99.3 Å². The molecule has 2 heterocycles. The van der Waals surface area contributed by atoms with Gasteiger partial charge in [-0.2, -0.15) is 0 Å². The van der Waals surface area contributed by atoms with E-state index < -0.39 is 17.7 Å². The number of halogens is 1. The van der Waals surface area contributed by atoms with Crippen molar-refractivity contribution < 1.29 is 19.4 Å². The molecule has 0 bridgehead atoms. The number of nitrogens with zero attached hydrogens (tertiary/aromatic N) is 2. The fourth-order valence-corrected chi connectivity index (χ4v) is 4.26. The van der Waals surface area contributed by atoms with Crippen molar-refractivity contribution in [2.75, 3.05) is 7.11 Å². The Morgan fingerprint density at radius 2 is 1.73 bits per heavy atom. The van der Waals surface area contributed by atoms with Gasteiger partial charge in [0.15, 0.2) is 0 Å². The highest BCUT2D eigenvalue weighted by Gasteiger charge is 2.46. The number of pyridine rings is 1. The van der Waals surface area contributed by atoms with Gasteiger partial charge in [0, 0.05) is 29.5 Å². The summed E-state index contributed by atoms with van der Waals surface area (Å²) in [5, 5.41) is 11.9. The Morgan fingerprint density at radius 1 is 1.06 bits per heavy atom. The molecule has 33 heavy (non-hydrogen) atoms. The Bertz CT molecular complexity index is 1250. The topological polar surface area (TPSA) is 79.7 Å². The third kappa shape index (κ3) is 4.22. The van der Waals surface area contributed by atoms with Crippen LogP contribution >= 0.6 is 11.6 Å². The fourth-order valence-electron chi connectivity index (χ4n) is 4.13. The number of aryl methyl sites for hydroxylation is 2. The molecule has 1 aliphatic heterocycles. The van der Waals surface area contributed by atoms with Gasteiger partial charge in [0.05, 0.1) is 18.7 Å². The lowest BCUT2D eigenvalue weighted by Gasteiger charge is -2.25. The maximum absolute atomic E-state index is 13.2. The zero-order valence-corrected chi connectivity index (χ0v) is 19.3. The number of aliphatic hydroxyl groups excluding tert-OH is 1. The fraction of sp³-hybridized carbons (Fsp3) is 0.192. The number of carbonyl (C=O) groups excluding carboxylic acids is 2. The molecule has 6 nitrogen and oxygen atoms in total. The van der Waals surface area contributed by atoms with Crippen LogP contribution in [-0.2, 0) is 16.1 Å². The van der Waals surface area contributed by atoms with Crippen molar-refractivity contribution in [3.63, 3.8) is 0 Å². The minimum atomic E-state index is -0.766. The van der Waals surface area contributed by atoms with Gasteiger partial charge in [0.1, 0.15) is 11.5 Å². The van der Waals surface area contributed by atoms with Crippen LogP contribution in [0.15, 0.2) is 66.5 Å². The van der Waals surface area contributed by atoms with Crippen LogP contribution in [-0.4, -0.2) is 33.8 Å². The summed E-state index contributed by atoms with van der Waals surface area (Å²) in [6, 6.07) is 13.3. The molecular weight excluding hydrogens is 440 g/mol. The molecule has 0 spiro atoms. The van der Waals surface area contributed by atoms with E-state index in [1.165, 1.54) is 4.90 Å². The number of Topliss-reactive ketones (excluding diaryl/α,β-unsaturated/α-hetero) is 1. The number of amides is 1. The van der Waals surface area contributed by atoms with Gasteiger partial charge in [-0.05, 0) is 72.5 Å². The predicted molar refractivity (Wildman–Crippen MR) is 126 cm³/mol. The van der Waals surface area contributed by atoms with E-state index in [1.807, 2.05) is 13.8 Å². The van der Waals surface area contributed by atoms with Crippen molar-refractivity contribution in [2.24, 2.45) is 0 Å². The van der Waals surface area contributed by atoms with E-state index in [9.17, 15) is 14.7 Å². The lowest BCUT2D eigenvalue weighted by atomic mass is 9.93. The molecule has 0 radical (unpaired) electrons. The second kappa shape index (κ2) is 9.08. The molecule has 0 saturated carbocycles. The summed E-state index contributed by atoms with van der Waals surface area (Å²) in [5.41, 5.74) is 3.56. The lowest BCUT2D eigenvalue weighted by molar-refractivity contribution is -0.140. The van der Waals surface area contributed by atoms with Crippen molar-refractivity contribution in [1.82, 2.24) is 9.88 Å². The Balaban J connectivity index is 1.89. The minimum Gasteiger partial charge on any atom is -0.507 e. The quantitative estimate of drug-likeness (QED) is 0.328. The van der Waals surface area contributed by atoms with Gasteiger partial charge in [-0.15, -0.1) is 0 Å². The highest BCUT2D eigenvalue weighted by Crippen LogP contribution is 2.41. The summed E-state index contributed by atoms with van der Waals surface area (Å²) in [6.45, 7) is 3.87. The molecule has 1 fully saturated rings. The van der Waals surface area contributed by atoms with Crippen LogP contribution in [0.2, 0.25) is 5.02 Å². The number of hydrogen-bond donors (Lipinski definition) is 1. The summed E-state index contributed by atoms with van der Waals surface area (Å²) in [4.78, 5) is 31.8. The second-order valence-corrected chi connectivity index (χ2v) is 8.41. The number of carbonyl (C=O) groups is 2. The van der Waals surface area contributed by atoms with E-state index >= 15 is 0 Å². The number of benzene rings is 2. The standard InChI is InChI=1S/C26H23ClN2O4/c1-15-13-21(33-3)16(2)12-20(15)24(30)22-23(18-4-6-19(27)7-5-18)29(26(32)25(22)31)14-17-8-10-28-11-9-17/h4-13,23,30H,14H2,1-3H3/b24-22+. The molecule has 1 aromatic heterocycles. The Hall–Kier alpha value is -3.64. The first-order chi connectivity index (χ1) is 15.8. The summed E-state index contributed by atoms with van der Waals surface area (Å²) >= 11 is 6.08. The maximum atomic E-state index is 13.2. The highest BCUT2D eigenvalue weighted by atomic mass is 35.5. The minimum absolute atomic E-state index is 0.0454. The lowest BCUT2D eigenvalue weighted by Crippen LogP contribution is -2.29. The third-order valence-electron chi connectivity index (χ3n) is 5.82. The van der Waals surface area contributed by atoms with Gasteiger partial charge in [-0.3, -0.25) is 14.6 Å². The Labute approximate surface area is 197 Å². The summed E-state index contributed by atoms with van der Waals surface area (Å²) in [7, 11) is 1.58. The van der Waals surface area contributed by atoms with Gasteiger partial charge in [0.2, 0.25) is 0 Å². The zero-order valence-electron chi connectivity index (χ0n) is 18.5. The molecule has 2 aromatic carbocycles. The number of aliphatic hydroxyl groups is 1. The monoisotopic (exact) mass is 462 g/mol. The van der Waals surface area contributed by atoms with E-state index in [-0.39, 0.29) is 17.9 Å². The molecule has 1 aliphatic rings. The summed E-state index contributed by atoms with van der Waals surface area (Å²) < 4.78 is 5.36. The SMILES string of the molecule is COc1cc(C)c(/C(O)=C2\C(=O)C(=O)N(Cc3ccncc3)C2c2ccc(Cl)cc2)cc1C. The smallest absolute Gasteiger partial charge is 0.295 e. The molecule has 3 aromatic rings. The highest BCUT2D eigenvalue weighted by molar-refractivity contribution is 6.46. The molecule has 0 aliphatic carbocycles. The van der Waals surface area contributed by atoms with Crippen molar-refractivity contribution in [2.45, 2.75) is 26.4 Å². The van der Waals surface area contributed by atoms with Crippen LogP contribution in [0.3, 0.4) is 0 Å². The van der Waals surface area contributed by atoms with Crippen LogP contribution in [0.5, 0.6) is 5.75 Å². The van der Waals surface area contributed by atoms with Crippen molar-refractivity contribution >= 4 is 29.1 Å². The number of likely N-dealkylation sites (tertiary alicyclic amines) is 1. The average Bonchev–Trinajstić information content (AvgIpc) is 3.06. The van der Waals surface area contributed by atoms with Gasteiger partial charge >= 0.3 is 0 Å². The first-order valence-electron chi connectivity index (χ1n) is 10.4. The molecule has 7 heteroatoms. The predicted octanol–water partition coefficient (Wildman–Crippen LogP) is 4.98. The number of rotatable bonds is 5. The van der Waals surface area contributed by atoms with Crippen LogP contribution in [0.1, 0.15) is 33.9 Å². The molecule has 1 unspecified atom stereocenters. The molecule has 4 rings (SSSR count). The largest absolute Gasteiger partial charge is 0.507 e. The van der Waals surface area contributed by atoms with E-state index in [0.717, 1.165) is 16.7 Å². The Morgan fingerprint density at radius 3 is 2.36 bits per heavy atom. The van der Waals surface area contributed by atoms with E-state index in [4.69, 9.17) is 16.3 Å². The zero-order chi connectivity index (χ0) is 23.7. The average molecular weight is 463 g/mol. The Kier molecular flexibility index (Phi) is 6.20. The number of hydrogen-bond acceptors (Lipinski definition) is 5. The van der Waals surface area contributed by atoms with Crippen LogP contribution in [0, 0.1) is 13.8 Å². The molecule has 1 saturated heterocycles. The van der Waals surface area contributed by atoms with Gasteiger partial charge in [-0.1, -0.05) is 23.7 Å². The number of ether oxygens (including phenoxy) is 1. The summed E-state index contributed by atoms with van der Waals surface area (Å²) in [5.74, 6) is -0.934. The molecule has 1 N–H and O–H groups in total. The van der Waals surface area contributed by atoms with Gasteiger partial charge in [-0.25, -0.2) is 0 Å².